The van der Waals surface area contributed by atoms with E-state index in [0.717, 1.165) is 12.8 Å². The van der Waals surface area contributed by atoms with Gasteiger partial charge in [-0.2, -0.15) is 4.31 Å². The minimum absolute atomic E-state index is 0.161. The molecular weight excluding hydrogens is 314 g/mol. The van der Waals surface area contributed by atoms with Gasteiger partial charge >= 0.3 is 5.97 Å². The van der Waals surface area contributed by atoms with Gasteiger partial charge in [-0.15, -0.1) is 0 Å². The fraction of sp³-hybridized carbons (Fsp3) is 0.500. The highest BCUT2D eigenvalue weighted by atomic mass is 35.5. The van der Waals surface area contributed by atoms with Crippen molar-refractivity contribution in [3.63, 3.8) is 0 Å². The second-order valence-corrected chi connectivity index (χ2v) is 7.57. The van der Waals surface area contributed by atoms with Crippen LogP contribution in [0.25, 0.3) is 0 Å². The van der Waals surface area contributed by atoms with Crippen LogP contribution in [-0.2, 0) is 14.8 Å². The predicted octanol–water partition coefficient (Wildman–Crippen LogP) is 2.67. The maximum absolute atomic E-state index is 12.8. The number of piperidine rings is 1. The summed E-state index contributed by atoms with van der Waals surface area (Å²) in [5.74, 6) is -0.977. The molecule has 1 N–H and O–H groups in total. The van der Waals surface area contributed by atoms with Crippen molar-refractivity contribution in [2.45, 2.75) is 43.5 Å². The van der Waals surface area contributed by atoms with Crippen molar-refractivity contribution in [2.24, 2.45) is 0 Å². The maximum atomic E-state index is 12.8. The Balaban J connectivity index is 2.38. The molecule has 7 heteroatoms. The van der Waals surface area contributed by atoms with Gasteiger partial charge in [-0.25, -0.2) is 8.42 Å². The Bertz CT molecular complexity index is 644. The summed E-state index contributed by atoms with van der Waals surface area (Å²) < 4.78 is 26.9. The molecule has 0 saturated carbocycles. The zero-order chi connectivity index (χ0) is 15.6. The molecule has 1 heterocycles. The monoisotopic (exact) mass is 331 g/mol. The van der Waals surface area contributed by atoms with Crippen molar-refractivity contribution in [1.82, 2.24) is 4.31 Å². The first kappa shape index (κ1) is 16.3. The first-order chi connectivity index (χ1) is 9.82. The Morgan fingerprint density at radius 1 is 1.43 bits per heavy atom. The summed E-state index contributed by atoms with van der Waals surface area (Å²) in [6.07, 6.45) is 2.02. The summed E-state index contributed by atoms with van der Waals surface area (Å²) in [5, 5.41) is 9.45. The minimum atomic E-state index is -3.69. The normalized spacial score (nSPS) is 20.4. The smallest absolute Gasteiger partial charge is 0.304 e. The van der Waals surface area contributed by atoms with Crippen molar-refractivity contribution in [3.05, 3.63) is 28.8 Å². The van der Waals surface area contributed by atoms with Crippen LogP contribution in [0.1, 0.15) is 31.2 Å². The standard InChI is InChI=1S/C14H18ClNO4S/c1-10-8-11(15)5-6-13(10)21(19,20)16-7-3-2-4-12(16)9-14(17)18/h5-6,8,12H,2-4,7,9H2,1H3,(H,17,18). The number of hydrogen-bond acceptors (Lipinski definition) is 3. The summed E-state index contributed by atoms with van der Waals surface area (Å²) in [6.45, 7) is 2.05. The van der Waals surface area contributed by atoms with Crippen molar-refractivity contribution < 1.29 is 18.3 Å². The van der Waals surface area contributed by atoms with Crippen LogP contribution < -0.4 is 0 Å². The quantitative estimate of drug-likeness (QED) is 0.920. The van der Waals surface area contributed by atoms with Gasteiger partial charge in [0.25, 0.3) is 0 Å². The number of halogens is 1. The first-order valence-electron chi connectivity index (χ1n) is 6.82. The van der Waals surface area contributed by atoms with Gasteiger partial charge in [-0.3, -0.25) is 4.79 Å². The van der Waals surface area contributed by atoms with E-state index in [2.05, 4.69) is 0 Å². The Morgan fingerprint density at radius 2 is 2.14 bits per heavy atom. The fourth-order valence-electron chi connectivity index (χ4n) is 2.72. The second-order valence-electron chi connectivity index (χ2n) is 5.27. The van der Waals surface area contributed by atoms with Gasteiger partial charge in [-0.05, 0) is 43.5 Å². The van der Waals surface area contributed by atoms with E-state index in [1.165, 1.54) is 16.4 Å². The van der Waals surface area contributed by atoms with Gasteiger partial charge in [0, 0.05) is 17.6 Å². The third-order valence-corrected chi connectivity index (χ3v) is 6.05. The van der Waals surface area contributed by atoms with Gasteiger partial charge in [0.2, 0.25) is 10.0 Å². The average Bonchev–Trinajstić information content (AvgIpc) is 2.37. The number of carboxylic acids is 1. The lowest BCUT2D eigenvalue weighted by Gasteiger charge is -2.34. The highest BCUT2D eigenvalue weighted by molar-refractivity contribution is 7.89. The van der Waals surface area contributed by atoms with Crippen LogP contribution in [0.5, 0.6) is 0 Å². The zero-order valence-corrected chi connectivity index (χ0v) is 13.3. The topological polar surface area (TPSA) is 74.7 Å². The van der Waals surface area contributed by atoms with Gasteiger partial charge in [0.15, 0.2) is 0 Å². The fourth-order valence-corrected chi connectivity index (χ4v) is 4.85. The Labute approximate surface area is 129 Å². The van der Waals surface area contributed by atoms with Crippen LogP contribution in [-0.4, -0.2) is 36.4 Å². The molecule has 116 valence electrons. The van der Waals surface area contributed by atoms with Crippen molar-refractivity contribution >= 4 is 27.6 Å². The lowest BCUT2D eigenvalue weighted by molar-refractivity contribution is -0.138. The van der Waals surface area contributed by atoms with E-state index < -0.39 is 22.0 Å². The molecule has 1 fully saturated rings. The summed E-state index contributed by atoms with van der Waals surface area (Å²) in [5.41, 5.74) is 0.571. The molecule has 1 aromatic carbocycles. The van der Waals surface area contributed by atoms with Crippen LogP contribution in [0.4, 0.5) is 0 Å². The maximum Gasteiger partial charge on any atom is 0.304 e. The number of aryl methyl sites for hydroxylation is 1. The largest absolute Gasteiger partial charge is 0.481 e. The van der Waals surface area contributed by atoms with Gasteiger partial charge < -0.3 is 5.11 Å². The lowest BCUT2D eigenvalue weighted by Crippen LogP contribution is -2.44. The molecule has 1 aliphatic rings. The minimum Gasteiger partial charge on any atom is -0.481 e. The van der Waals surface area contributed by atoms with E-state index in [4.69, 9.17) is 16.7 Å². The number of rotatable bonds is 4. The molecule has 1 unspecified atom stereocenters. The number of carboxylic acid groups (broad SMARTS) is 1. The summed E-state index contributed by atoms with van der Waals surface area (Å²) in [6, 6.07) is 4.15. The Hall–Kier alpha value is -1.11. The van der Waals surface area contributed by atoms with Gasteiger partial charge in [0.1, 0.15) is 0 Å². The molecule has 1 saturated heterocycles. The SMILES string of the molecule is Cc1cc(Cl)ccc1S(=O)(=O)N1CCCCC1CC(=O)O. The molecule has 1 aromatic rings. The van der Waals surface area contributed by atoms with E-state index in [1.54, 1.807) is 13.0 Å². The lowest BCUT2D eigenvalue weighted by atomic mass is 10.0. The number of aliphatic carboxylic acids is 1. The molecule has 2 rings (SSSR count). The highest BCUT2D eigenvalue weighted by Gasteiger charge is 2.35. The van der Waals surface area contributed by atoms with Crippen LogP contribution in [0.2, 0.25) is 5.02 Å². The van der Waals surface area contributed by atoms with Gasteiger partial charge in [-0.1, -0.05) is 18.0 Å². The van der Waals surface area contributed by atoms with Crippen LogP contribution in [0.15, 0.2) is 23.1 Å². The van der Waals surface area contributed by atoms with E-state index in [1.807, 2.05) is 0 Å². The van der Waals surface area contributed by atoms with Crippen molar-refractivity contribution in [2.75, 3.05) is 6.54 Å². The molecule has 0 aromatic heterocycles. The second kappa shape index (κ2) is 6.34. The molecular formula is C14H18ClNO4S. The summed E-state index contributed by atoms with van der Waals surface area (Å²) in [7, 11) is -3.69. The number of carbonyl (C=O) groups is 1. The predicted molar refractivity (Wildman–Crippen MR) is 80.0 cm³/mol. The number of sulfonamides is 1. The molecule has 0 amide bonds. The van der Waals surface area contributed by atoms with Crippen LogP contribution >= 0.6 is 11.6 Å². The highest BCUT2D eigenvalue weighted by Crippen LogP contribution is 2.29. The molecule has 0 bridgehead atoms. The van der Waals surface area contributed by atoms with Crippen molar-refractivity contribution in [3.8, 4) is 0 Å². The van der Waals surface area contributed by atoms with Crippen LogP contribution in [0, 0.1) is 6.92 Å². The third-order valence-electron chi connectivity index (χ3n) is 3.71. The van der Waals surface area contributed by atoms with E-state index in [9.17, 15) is 13.2 Å². The Kier molecular flexibility index (Phi) is 4.91. The number of nitrogens with zero attached hydrogens (tertiary/aromatic N) is 1. The third kappa shape index (κ3) is 3.56. The number of hydrogen-bond donors (Lipinski definition) is 1. The van der Waals surface area contributed by atoms with E-state index in [0.29, 0.717) is 23.6 Å². The Morgan fingerprint density at radius 3 is 2.76 bits per heavy atom. The molecule has 1 atom stereocenters. The molecule has 0 aliphatic carbocycles. The zero-order valence-electron chi connectivity index (χ0n) is 11.8. The van der Waals surface area contributed by atoms with Crippen LogP contribution in [0.3, 0.4) is 0 Å². The summed E-state index contributed by atoms with van der Waals surface area (Å²) >= 11 is 5.86. The molecule has 0 radical (unpaired) electrons. The molecule has 5 nitrogen and oxygen atoms in total. The number of benzene rings is 1. The average molecular weight is 332 g/mol. The van der Waals surface area contributed by atoms with E-state index in [-0.39, 0.29) is 11.3 Å². The van der Waals surface area contributed by atoms with E-state index >= 15 is 0 Å². The molecule has 21 heavy (non-hydrogen) atoms. The van der Waals surface area contributed by atoms with Gasteiger partial charge in [0.05, 0.1) is 11.3 Å². The summed E-state index contributed by atoms with van der Waals surface area (Å²) in [4.78, 5) is 11.1. The van der Waals surface area contributed by atoms with Crippen molar-refractivity contribution in [1.29, 1.82) is 0 Å². The first-order valence-corrected chi connectivity index (χ1v) is 8.64. The molecule has 0 spiro atoms. The molecule has 1 aliphatic heterocycles.